The smallest absolute Gasteiger partial charge is 0.408 e. The summed E-state index contributed by atoms with van der Waals surface area (Å²) in [6.07, 6.45) is 1.42. The zero-order valence-corrected chi connectivity index (χ0v) is 22.1. The number of hydrogen-bond donors (Lipinski definition) is 4. The predicted octanol–water partition coefficient (Wildman–Crippen LogP) is 3.50. The molecule has 0 spiro atoms. The first kappa shape index (κ1) is 30.2. The number of para-hydroxylation sites is 1. The highest BCUT2D eigenvalue weighted by Gasteiger charge is 2.39. The van der Waals surface area contributed by atoms with Gasteiger partial charge in [-0.3, -0.25) is 9.59 Å². The molecule has 0 aliphatic heterocycles. The van der Waals surface area contributed by atoms with E-state index in [-0.39, 0.29) is 29.8 Å². The molecule has 1 aromatic rings. The summed E-state index contributed by atoms with van der Waals surface area (Å²) in [4.78, 5) is 41.1. The van der Waals surface area contributed by atoms with Gasteiger partial charge in [0.15, 0.2) is 0 Å². The Morgan fingerprint density at radius 3 is 2.23 bits per heavy atom. The van der Waals surface area contributed by atoms with Gasteiger partial charge in [0, 0.05) is 18.2 Å². The molecule has 3 amide bonds. The molecule has 0 fully saturated rings. The number of hydrogen-bond acceptors (Lipinski definition) is 6. The lowest BCUT2D eigenvalue weighted by Crippen LogP contribution is -2.56. The molecule has 0 saturated heterocycles. The van der Waals surface area contributed by atoms with E-state index in [9.17, 15) is 24.6 Å². The van der Waals surface area contributed by atoms with Crippen molar-refractivity contribution in [2.24, 2.45) is 5.92 Å². The number of rotatable bonds is 12. The number of alkyl carbamates (subject to hydrolysis) is 1. The summed E-state index contributed by atoms with van der Waals surface area (Å²) in [6, 6.07) is 3.93. The summed E-state index contributed by atoms with van der Waals surface area (Å²) in [7, 11) is 0. The highest BCUT2D eigenvalue weighted by atomic mass is 16.6. The zero-order valence-electron chi connectivity index (χ0n) is 22.1. The quantitative estimate of drug-likeness (QED) is 0.353. The van der Waals surface area contributed by atoms with Crippen LogP contribution in [0.4, 0.5) is 4.79 Å². The number of aliphatic hydroxyl groups excluding tert-OH is 1. The van der Waals surface area contributed by atoms with Crippen LogP contribution in [0.1, 0.15) is 79.3 Å². The third kappa shape index (κ3) is 9.39. The van der Waals surface area contributed by atoms with Crippen molar-refractivity contribution < 1.29 is 29.3 Å². The number of amides is 3. The third-order valence-electron chi connectivity index (χ3n) is 5.68. The molecule has 9 nitrogen and oxygen atoms in total. The summed E-state index contributed by atoms with van der Waals surface area (Å²) in [5.41, 5.74) is -0.526. The van der Waals surface area contributed by atoms with Crippen LogP contribution in [0.15, 0.2) is 24.3 Å². The van der Waals surface area contributed by atoms with Gasteiger partial charge in [0.1, 0.15) is 23.4 Å². The molecule has 4 atom stereocenters. The van der Waals surface area contributed by atoms with Crippen molar-refractivity contribution in [2.45, 2.75) is 91.5 Å². The fourth-order valence-electron chi connectivity index (χ4n) is 3.77. The van der Waals surface area contributed by atoms with Gasteiger partial charge in [0.2, 0.25) is 11.8 Å². The Kier molecular flexibility index (Phi) is 12.0. The average Bonchev–Trinajstić information content (AvgIpc) is 2.76. The monoisotopic (exact) mass is 493 g/mol. The predicted molar refractivity (Wildman–Crippen MR) is 135 cm³/mol. The number of phenolic OH excluding ortho intramolecular Hbond substituents is 1. The maximum absolute atomic E-state index is 13.9. The Labute approximate surface area is 209 Å². The lowest BCUT2D eigenvalue weighted by molar-refractivity contribution is -0.144. The topological polar surface area (TPSA) is 128 Å². The van der Waals surface area contributed by atoms with Gasteiger partial charge < -0.3 is 30.5 Å². The van der Waals surface area contributed by atoms with E-state index < -0.39 is 42.2 Å². The van der Waals surface area contributed by atoms with Crippen molar-refractivity contribution in [1.29, 1.82) is 0 Å². The van der Waals surface area contributed by atoms with Gasteiger partial charge in [-0.15, -0.1) is 0 Å². The van der Waals surface area contributed by atoms with Crippen LogP contribution >= 0.6 is 0 Å². The van der Waals surface area contributed by atoms with Gasteiger partial charge >= 0.3 is 6.09 Å². The van der Waals surface area contributed by atoms with Crippen LogP contribution in [0.2, 0.25) is 0 Å². The zero-order chi connectivity index (χ0) is 26.8. The van der Waals surface area contributed by atoms with Crippen LogP contribution in [0, 0.1) is 5.92 Å². The summed E-state index contributed by atoms with van der Waals surface area (Å²) >= 11 is 0. The average molecular weight is 494 g/mol. The Bertz CT molecular complexity index is 839. The molecule has 1 rings (SSSR count). The largest absolute Gasteiger partial charge is 0.508 e. The van der Waals surface area contributed by atoms with Gasteiger partial charge in [-0.25, -0.2) is 4.79 Å². The molecular weight excluding hydrogens is 450 g/mol. The lowest BCUT2D eigenvalue weighted by atomic mass is 9.95. The number of carbonyl (C=O) groups is 3. The van der Waals surface area contributed by atoms with Gasteiger partial charge in [0.25, 0.3) is 0 Å². The van der Waals surface area contributed by atoms with Crippen LogP contribution < -0.4 is 10.6 Å². The van der Waals surface area contributed by atoms with E-state index in [1.165, 1.54) is 11.0 Å². The molecule has 4 N–H and O–H groups in total. The minimum atomic E-state index is -1.21. The number of phenols is 1. The summed E-state index contributed by atoms with van der Waals surface area (Å²) in [5, 5.41) is 25.9. The molecule has 0 aromatic heterocycles. The van der Waals surface area contributed by atoms with Crippen molar-refractivity contribution in [1.82, 2.24) is 15.5 Å². The first-order valence-corrected chi connectivity index (χ1v) is 12.3. The lowest BCUT2D eigenvalue weighted by Gasteiger charge is -2.36. The van der Waals surface area contributed by atoms with E-state index in [1.54, 1.807) is 39.0 Å². The van der Waals surface area contributed by atoms with Gasteiger partial charge in [0.05, 0.1) is 6.61 Å². The van der Waals surface area contributed by atoms with Crippen molar-refractivity contribution >= 4 is 17.9 Å². The number of ether oxygens (including phenoxy) is 1. The Balaban J connectivity index is 3.47. The molecule has 0 radical (unpaired) electrons. The van der Waals surface area contributed by atoms with Crippen LogP contribution in [-0.4, -0.2) is 63.9 Å². The van der Waals surface area contributed by atoms with Crippen LogP contribution in [0.25, 0.3) is 0 Å². The molecule has 0 aliphatic rings. The van der Waals surface area contributed by atoms with Crippen molar-refractivity contribution in [2.75, 3.05) is 13.2 Å². The third-order valence-corrected chi connectivity index (χ3v) is 5.68. The first-order valence-electron chi connectivity index (χ1n) is 12.3. The first-order chi connectivity index (χ1) is 16.4. The van der Waals surface area contributed by atoms with Gasteiger partial charge in [-0.05, 0) is 46.1 Å². The Morgan fingerprint density at radius 2 is 1.71 bits per heavy atom. The molecule has 198 valence electrons. The van der Waals surface area contributed by atoms with Crippen molar-refractivity contribution in [3.63, 3.8) is 0 Å². The molecule has 4 unspecified atom stereocenters. The summed E-state index contributed by atoms with van der Waals surface area (Å²) in [5.74, 6) is -1.46. The Morgan fingerprint density at radius 1 is 1.09 bits per heavy atom. The number of benzene rings is 1. The molecule has 9 heteroatoms. The van der Waals surface area contributed by atoms with E-state index in [4.69, 9.17) is 4.74 Å². The maximum atomic E-state index is 13.9. The standard InChI is InChI=1S/C26H43N3O6/c1-8-12-18(4)27-23(32)22(19-13-10-11-14-20(19)31)29(15-16-30)24(33)21(17(3)9-2)28-25(34)35-26(5,6)7/h10-11,13-14,17-18,21-22,30-31H,8-9,12,15-16H2,1-7H3,(H,27,32)(H,28,34). The molecule has 0 bridgehead atoms. The van der Waals surface area contributed by atoms with Crippen molar-refractivity contribution in [3.8, 4) is 5.75 Å². The maximum Gasteiger partial charge on any atom is 0.408 e. The molecule has 1 aromatic carbocycles. The number of nitrogens with zero attached hydrogens (tertiary/aromatic N) is 1. The highest BCUT2D eigenvalue weighted by Crippen LogP contribution is 2.30. The number of nitrogens with one attached hydrogen (secondary N) is 2. The van der Waals surface area contributed by atoms with Crippen LogP contribution in [0.5, 0.6) is 5.75 Å². The Hall–Kier alpha value is -2.81. The molecular formula is C26H43N3O6. The SMILES string of the molecule is CCCC(C)NC(=O)C(c1ccccc1O)N(CCO)C(=O)C(NC(=O)OC(C)(C)C)C(C)CC. The second kappa shape index (κ2) is 13.9. The molecule has 0 aliphatic carbocycles. The summed E-state index contributed by atoms with van der Waals surface area (Å²) in [6.45, 7) is 12.2. The highest BCUT2D eigenvalue weighted by molar-refractivity contribution is 5.92. The minimum Gasteiger partial charge on any atom is -0.508 e. The van der Waals surface area contributed by atoms with E-state index in [2.05, 4.69) is 10.6 Å². The summed E-state index contributed by atoms with van der Waals surface area (Å²) < 4.78 is 5.35. The van der Waals surface area contributed by atoms with Gasteiger partial charge in [-0.2, -0.15) is 0 Å². The van der Waals surface area contributed by atoms with E-state index in [0.29, 0.717) is 6.42 Å². The number of carbonyl (C=O) groups excluding carboxylic acids is 3. The van der Waals surface area contributed by atoms with E-state index in [0.717, 1.165) is 12.8 Å². The van der Waals surface area contributed by atoms with E-state index >= 15 is 0 Å². The molecule has 35 heavy (non-hydrogen) atoms. The minimum absolute atomic E-state index is 0.147. The second-order valence-electron chi connectivity index (χ2n) is 9.92. The fraction of sp³-hybridized carbons (Fsp3) is 0.654. The number of aromatic hydroxyl groups is 1. The van der Waals surface area contributed by atoms with E-state index in [1.807, 2.05) is 27.7 Å². The number of aliphatic hydroxyl groups is 1. The van der Waals surface area contributed by atoms with Crippen molar-refractivity contribution in [3.05, 3.63) is 29.8 Å². The van der Waals surface area contributed by atoms with Crippen LogP contribution in [0.3, 0.4) is 0 Å². The normalized spacial score (nSPS) is 14.9. The molecule has 0 saturated carbocycles. The molecule has 0 heterocycles. The second-order valence-corrected chi connectivity index (χ2v) is 9.92. The van der Waals surface area contributed by atoms with Crippen LogP contribution in [-0.2, 0) is 14.3 Å². The fourth-order valence-corrected chi connectivity index (χ4v) is 3.77. The van der Waals surface area contributed by atoms with Gasteiger partial charge in [-0.1, -0.05) is 51.8 Å².